The molecule has 0 aromatic carbocycles. The van der Waals surface area contributed by atoms with Gasteiger partial charge in [0.05, 0.1) is 35.9 Å². The van der Waals surface area contributed by atoms with Crippen molar-refractivity contribution in [3.05, 3.63) is 41.5 Å². The summed E-state index contributed by atoms with van der Waals surface area (Å²) in [6.45, 7) is 0. The van der Waals surface area contributed by atoms with E-state index in [0.29, 0.717) is 41.3 Å². The van der Waals surface area contributed by atoms with E-state index in [0.717, 1.165) is 19.0 Å². The molecule has 2 saturated heterocycles. The number of ether oxygens (including phenoxy) is 1. The van der Waals surface area contributed by atoms with E-state index in [9.17, 15) is 9.50 Å². The van der Waals surface area contributed by atoms with Gasteiger partial charge in [0.1, 0.15) is 17.3 Å². The van der Waals surface area contributed by atoms with Crippen LogP contribution in [-0.4, -0.2) is 48.5 Å². The van der Waals surface area contributed by atoms with Gasteiger partial charge in [-0.25, -0.2) is 9.37 Å². The monoisotopic (exact) mass is 411 g/mol. The van der Waals surface area contributed by atoms with Crippen molar-refractivity contribution in [1.29, 1.82) is 5.41 Å². The fourth-order valence-corrected chi connectivity index (χ4v) is 4.59. The Labute approximate surface area is 171 Å². The van der Waals surface area contributed by atoms with E-state index in [2.05, 4.69) is 25.6 Å². The van der Waals surface area contributed by atoms with Crippen LogP contribution in [0.4, 0.5) is 16.0 Å². The Morgan fingerprint density at radius 3 is 2.77 bits per heavy atom. The molecule has 0 aliphatic carbocycles. The first kappa shape index (κ1) is 18.9. The van der Waals surface area contributed by atoms with Crippen LogP contribution >= 0.6 is 0 Å². The maximum Gasteiger partial charge on any atom is 0.170 e. The van der Waals surface area contributed by atoms with Gasteiger partial charge >= 0.3 is 0 Å². The summed E-state index contributed by atoms with van der Waals surface area (Å²) in [6, 6.07) is 3.39. The number of halogens is 1. The molecule has 2 aliphatic heterocycles. The lowest BCUT2D eigenvalue weighted by molar-refractivity contribution is -0.115. The zero-order valence-electron chi connectivity index (χ0n) is 16.4. The van der Waals surface area contributed by atoms with Gasteiger partial charge in [-0.05, 0) is 24.5 Å². The average molecular weight is 411 g/mol. The molecule has 0 saturated carbocycles. The number of rotatable bonds is 5. The van der Waals surface area contributed by atoms with Crippen LogP contribution in [0.2, 0.25) is 0 Å². The minimum Gasteiger partial charge on any atom is -0.385 e. The summed E-state index contributed by atoms with van der Waals surface area (Å²) in [5, 5.41) is 33.5. The molecule has 5 rings (SSSR count). The second-order valence-corrected chi connectivity index (χ2v) is 7.92. The van der Waals surface area contributed by atoms with Gasteiger partial charge in [-0.15, -0.1) is 0 Å². The van der Waals surface area contributed by atoms with Gasteiger partial charge in [0.15, 0.2) is 5.82 Å². The van der Waals surface area contributed by atoms with Crippen LogP contribution in [-0.2, 0) is 17.4 Å². The Morgan fingerprint density at radius 2 is 2.17 bits per heavy atom. The van der Waals surface area contributed by atoms with Gasteiger partial charge in [0.25, 0.3) is 0 Å². The number of pyridine rings is 1. The van der Waals surface area contributed by atoms with E-state index < -0.39 is 11.4 Å². The average Bonchev–Trinajstić information content (AvgIpc) is 3.43. The quantitative estimate of drug-likeness (QED) is 0.479. The van der Waals surface area contributed by atoms with Crippen molar-refractivity contribution in [1.82, 2.24) is 25.0 Å². The summed E-state index contributed by atoms with van der Waals surface area (Å²) in [7, 11) is 1.63. The summed E-state index contributed by atoms with van der Waals surface area (Å²) in [6.07, 6.45) is 6.48. The zero-order chi connectivity index (χ0) is 20.9. The molecule has 5 heterocycles. The minimum atomic E-state index is -1.20. The molecule has 3 atom stereocenters. The van der Waals surface area contributed by atoms with Gasteiger partial charge in [-0.1, -0.05) is 0 Å². The lowest BCUT2D eigenvalue weighted by Gasteiger charge is -2.38. The molecular formula is C20H22FN7O2. The minimum absolute atomic E-state index is 0.0265. The predicted molar refractivity (Wildman–Crippen MR) is 107 cm³/mol. The van der Waals surface area contributed by atoms with Crippen LogP contribution in [0, 0.1) is 11.2 Å². The third kappa shape index (κ3) is 3.08. The SMILES string of the molecule is Cn1ncc(F)c1-c1cc(C2(O)C[C@H]3CC[C@@H](C2)O3)c(C=N)c(Nc2ccn[nH]2)n1. The number of H-pyrrole nitrogens is 1. The van der Waals surface area contributed by atoms with Gasteiger partial charge in [0.2, 0.25) is 0 Å². The molecule has 2 bridgehead atoms. The Balaban J connectivity index is 1.70. The largest absolute Gasteiger partial charge is 0.385 e. The second-order valence-electron chi connectivity index (χ2n) is 7.92. The molecule has 3 aromatic heterocycles. The maximum atomic E-state index is 14.5. The summed E-state index contributed by atoms with van der Waals surface area (Å²) in [5.41, 5.74) is 0.306. The normalized spacial score (nSPS) is 25.4. The molecule has 10 heteroatoms. The summed E-state index contributed by atoms with van der Waals surface area (Å²) < 4.78 is 21.8. The van der Waals surface area contributed by atoms with Gasteiger partial charge in [0, 0.05) is 37.7 Å². The Kier molecular flexibility index (Phi) is 4.40. The van der Waals surface area contributed by atoms with E-state index in [4.69, 9.17) is 10.1 Å². The van der Waals surface area contributed by atoms with Gasteiger partial charge < -0.3 is 20.6 Å². The molecule has 0 spiro atoms. The molecule has 1 unspecified atom stereocenters. The van der Waals surface area contributed by atoms with Crippen molar-refractivity contribution in [3.8, 4) is 11.4 Å². The van der Waals surface area contributed by atoms with Crippen LogP contribution in [0.5, 0.6) is 0 Å². The highest BCUT2D eigenvalue weighted by atomic mass is 19.1. The van der Waals surface area contributed by atoms with Crippen LogP contribution in [0.1, 0.15) is 36.8 Å². The summed E-state index contributed by atoms with van der Waals surface area (Å²) >= 11 is 0. The lowest BCUT2D eigenvalue weighted by Crippen LogP contribution is -2.39. The third-order valence-corrected chi connectivity index (χ3v) is 5.92. The van der Waals surface area contributed by atoms with Crippen molar-refractivity contribution in [3.63, 3.8) is 0 Å². The molecule has 0 radical (unpaired) electrons. The number of nitrogens with one attached hydrogen (secondary N) is 3. The van der Waals surface area contributed by atoms with E-state index in [-0.39, 0.29) is 17.9 Å². The number of hydrogen-bond donors (Lipinski definition) is 4. The summed E-state index contributed by atoms with van der Waals surface area (Å²) in [5.74, 6) is 0.387. The van der Waals surface area contributed by atoms with E-state index in [1.54, 1.807) is 25.4 Å². The first-order valence-corrected chi connectivity index (χ1v) is 9.85. The number of aromatic amines is 1. The fourth-order valence-electron chi connectivity index (χ4n) is 4.59. The van der Waals surface area contributed by atoms with Crippen molar-refractivity contribution in [2.24, 2.45) is 7.05 Å². The molecule has 0 amide bonds. The van der Waals surface area contributed by atoms with E-state index in [1.165, 1.54) is 10.9 Å². The van der Waals surface area contributed by atoms with Crippen LogP contribution in [0.3, 0.4) is 0 Å². The molecule has 4 N–H and O–H groups in total. The lowest BCUT2D eigenvalue weighted by atomic mass is 9.81. The highest BCUT2D eigenvalue weighted by Crippen LogP contribution is 2.46. The summed E-state index contributed by atoms with van der Waals surface area (Å²) in [4.78, 5) is 4.57. The third-order valence-electron chi connectivity index (χ3n) is 5.92. The van der Waals surface area contributed by atoms with Crippen molar-refractivity contribution < 1.29 is 14.2 Å². The number of aryl methyl sites for hydroxylation is 1. The second kappa shape index (κ2) is 6.99. The van der Waals surface area contributed by atoms with Crippen molar-refractivity contribution in [2.75, 3.05) is 5.32 Å². The molecule has 30 heavy (non-hydrogen) atoms. The molecule has 156 valence electrons. The Bertz CT molecular complexity index is 1060. The van der Waals surface area contributed by atoms with Crippen molar-refractivity contribution >= 4 is 17.9 Å². The zero-order valence-corrected chi connectivity index (χ0v) is 16.4. The van der Waals surface area contributed by atoms with Gasteiger partial charge in [-0.3, -0.25) is 9.78 Å². The molecular weight excluding hydrogens is 389 g/mol. The van der Waals surface area contributed by atoms with Crippen molar-refractivity contribution in [2.45, 2.75) is 43.5 Å². The Morgan fingerprint density at radius 1 is 1.40 bits per heavy atom. The molecule has 9 nitrogen and oxygen atoms in total. The predicted octanol–water partition coefficient (Wildman–Crippen LogP) is 2.61. The maximum absolute atomic E-state index is 14.5. The van der Waals surface area contributed by atoms with E-state index >= 15 is 0 Å². The number of fused-ring (bicyclic) bond motifs is 2. The Hall–Kier alpha value is -3.11. The first-order chi connectivity index (χ1) is 14.5. The van der Waals surface area contributed by atoms with Gasteiger partial charge in [-0.2, -0.15) is 10.2 Å². The number of nitrogens with zero attached hydrogens (tertiary/aromatic N) is 4. The molecule has 3 aromatic rings. The van der Waals surface area contributed by atoms with Crippen LogP contribution in [0.25, 0.3) is 11.4 Å². The first-order valence-electron chi connectivity index (χ1n) is 9.85. The standard InChI is InChI=1S/C20H22FN7O2/c1-28-18(15(21)10-24-28)16-6-14(20(29)7-11-2-3-12(8-20)30-11)13(9-22)19(25-16)26-17-4-5-23-27-17/h4-6,9-12,22,29H,2-3,7-8H2,1H3,(H2,23,25,26,27)/t11-,12+,20?. The molecule has 2 aliphatic rings. The number of anilines is 2. The molecule has 2 fully saturated rings. The number of hydrogen-bond acceptors (Lipinski definition) is 7. The van der Waals surface area contributed by atoms with Crippen LogP contribution < -0.4 is 5.32 Å². The number of aromatic nitrogens is 5. The number of aliphatic hydroxyl groups is 1. The topological polar surface area (TPSA) is 125 Å². The highest BCUT2D eigenvalue weighted by Gasteiger charge is 2.46. The fraction of sp³-hybridized carbons (Fsp3) is 0.400. The smallest absolute Gasteiger partial charge is 0.170 e. The van der Waals surface area contributed by atoms with E-state index in [1.807, 2.05) is 0 Å². The van der Waals surface area contributed by atoms with Crippen LogP contribution in [0.15, 0.2) is 24.5 Å². The highest BCUT2D eigenvalue weighted by molar-refractivity contribution is 5.89.